The quantitative estimate of drug-likeness (QED) is 0.497. The molecule has 0 atom stereocenters. The maximum Gasteiger partial charge on any atom is 0.343 e. The summed E-state index contributed by atoms with van der Waals surface area (Å²) in [5, 5.41) is 9.64. The van der Waals surface area contributed by atoms with Gasteiger partial charge in [0.25, 0.3) is 5.88 Å². The van der Waals surface area contributed by atoms with E-state index in [-0.39, 0.29) is 17.4 Å². The first-order valence-corrected chi connectivity index (χ1v) is 8.12. The maximum atomic E-state index is 11.8. The normalized spacial score (nSPS) is 11.3. The Morgan fingerprint density at radius 2 is 1.59 bits per heavy atom. The largest absolute Gasteiger partial charge is 0.477 e. The first-order valence-electron chi connectivity index (χ1n) is 8.12. The molecule has 27 heavy (non-hydrogen) atoms. The van der Waals surface area contributed by atoms with E-state index in [4.69, 9.17) is 14.2 Å². The van der Waals surface area contributed by atoms with Crippen LogP contribution in [-0.2, 0) is 9.53 Å². The van der Waals surface area contributed by atoms with Gasteiger partial charge in [0.05, 0.1) is 7.11 Å². The van der Waals surface area contributed by atoms with E-state index in [9.17, 15) is 9.90 Å². The molecule has 1 N–H and O–H groups in total. The molecule has 0 radical (unpaired) electrons. The molecule has 136 valence electrons. The van der Waals surface area contributed by atoms with Crippen molar-refractivity contribution >= 4 is 11.5 Å². The number of hydrogen-bond acceptors (Lipinski definition) is 5. The lowest BCUT2D eigenvalue weighted by Crippen LogP contribution is -2.10. The predicted octanol–water partition coefficient (Wildman–Crippen LogP) is 4.35. The molecule has 6 heteroatoms. The van der Waals surface area contributed by atoms with Gasteiger partial charge in [0.2, 0.25) is 0 Å². The molecule has 0 amide bonds. The Morgan fingerprint density at radius 3 is 2.22 bits per heavy atom. The second-order valence-electron chi connectivity index (χ2n) is 5.36. The number of carboxylic acid groups (broad SMARTS) is 1. The van der Waals surface area contributed by atoms with Gasteiger partial charge in [-0.25, -0.2) is 9.78 Å². The summed E-state index contributed by atoms with van der Waals surface area (Å²) in [6.07, 6.45) is 1.52. The molecule has 6 nitrogen and oxygen atoms in total. The van der Waals surface area contributed by atoms with Crippen LogP contribution in [0.15, 0.2) is 84.9 Å². The SMILES string of the molecule is COC(Oc1ncccc1Oc1ccccc1)=C(C(=O)O)c1ccccc1. The first-order chi connectivity index (χ1) is 13.2. The van der Waals surface area contributed by atoms with Crippen LogP contribution in [0.1, 0.15) is 5.56 Å². The monoisotopic (exact) mass is 363 g/mol. The van der Waals surface area contributed by atoms with Gasteiger partial charge < -0.3 is 19.3 Å². The molecule has 0 aliphatic heterocycles. The van der Waals surface area contributed by atoms with Gasteiger partial charge in [0.1, 0.15) is 11.3 Å². The van der Waals surface area contributed by atoms with Crippen LogP contribution in [0.3, 0.4) is 0 Å². The molecule has 2 aromatic carbocycles. The topological polar surface area (TPSA) is 77.9 Å². The molecular weight excluding hydrogens is 346 g/mol. The third-order valence-corrected chi connectivity index (χ3v) is 3.56. The Balaban J connectivity index is 1.98. The van der Waals surface area contributed by atoms with Gasteiger partial charge in [-0.2, -0.15) is 0 Å². The summed E-state index contributed by atoms with van der Waals surface area (Å²) in [6.45, 7) is 0. The molecule has 0 bridgehead atoms. The summed E-state index contributed by atoms with van der Waals surface area (Å²) in [6, 6.07) is 21.1. The number of benzene rings is 2. The molecule has 0 aliphatic carbocycles. The van der Waals surface area contributed by atoms with Crippen molar-refractivity contribution in [2.24, 2.45) is 0 Å². The van der Waals surface area contributed by atoms with Crippen molar-refractivity contribution in [1.29, 1.82) is 0 Å². The number of para-hydroxylation sites is 1. The summed E-state index contributed by atoms with van der Waals surface area (Å²) >= 11 is 0. The van der Waals surface area contributed by atoms with Crippen LogP contribution in [0.4, 0.5) is 0 Å². The molecule has 3 aromatic rings. The number of nitrogens with zero attached hydrogens (tertiary/aromatic N) is 1. The van der Waals surface area contributed by atoms with Crippen LogP contribution >= 0.6 is 0 Å². The van der Waals surface area contributed by atoms with Gasteiger partial charge in [-0.1, -0.05) is 48.5 Å². The number of carboxylic acids is 1. The number of methoxy groups -OCH3 is 1. The molecule has 1 heterocycles. The fourth-order valence-electron chi connectivity index (χ4n) is 2.36. The Morgan fingerprint density at radius 1 is 0.926 bits per heavy atom. The number of hydrogen-bond donors (Lipinski definition) is 1. The van der Waals surface area contributed by atoms with Crippen molar-refractivity contribution in [3.8, 4) is 17.4 Å². The zero-order valence-corrected chi connectivity index (χ0v) is 14.5. The molecule has 3 rings (SSSR count). The smallest absolute Gasteiger partial charge is 0.343 e. The number of aliphatic carboxylic acids is 1. The minimum absolute atomic E-state index is 0.0906. The third-order valence-electron chi connectivity index (χ3n) is 3.56. The summed E-state index contributed by atoms with van der Waals surface area (Å²) in [5.41, 5.74) is 0.331. The number of ether oxygens (including phenoxy) is 3. The standard InChI is InChI=1S/C21H17NO5/c1-25-21(18(20(23)24)15-9-4-2-5-10-15)27-19-17(13-8-14-22-19)26-16-11-6-3-7-12-16/h2-14H,1H3,(H,23,24). The van der Waals surface area contributed by atoms with Gasteiger partial charge in [-0.3, -0.25) is 0 Å². The van der Waals surface area contributed by atoms with Crippen molar-refractivity contribution < 1.29 is 24.1 Å². The van der Waals surface area contributed by atoms with E-state index in [1.54, 1.807) is 54.6 Å². The highest BCUT2D eigenvalue weighted by atomic mass is 16.7. The van der Waals surface area contributed by atoms with Crippen molar-refractivity contribution in [1.82, 2.24) is 4.98 Å². The van der Waals surface area contributed by atoms with Crippen LogP contribution in [0.5, 0.6) is 17.4 Å². The second-order valence-corrected chi connectivity index (χ2v) is 5.36. The van der Waals surface area contributed by atoms with Gasteiger partial charge in [-0.05, 0) is 29.8 Å². The Bertz CT molecular complexity index is 939. The van der Waals surface area contributed by atoms with Gasteiger partial charge >= 0.3 is 11.9 Å². The van der Waals surface area contributed by atoms with Crippen LogP contribution in [-0.4, -0.2) is 23.2 Å². The van der Waals surface area contributed by atoms with Gasteiger partial charge in [0, 0.05) is 6.20 Å². The molecule has 0 saturated carbocycles. The minimum Gasteiger partial charge on any atom is -0.477 e. The van der Waals surface area contributed by atoms with Crippen LogP contribution < -0.4 is 9.47 Å². The number of carbonyl (C=O) groups is 1. The van der Waals surface area contributed by atoms with E-state index in [1.807, 2.05) is 18.2 Å². The van der Waals surface area contributed by atoms with E-state index < -0.39 is 5.97 Å². The molecular formula is C21H17NO5. The zero-order valence-electron chi connectivity index (χ0n) is 14.5. The molecule has 1 aromatic heterocycles. The molecule has 0 saturated heterocycles. The third kappa shape index (κ3) is 4.43. The lowest BCUT2D eigenvalue weighted by Gasteiger charge is -2.14. The lowest BCUT2D eigenvalue weighted by atomic mass is 10.1. The molecule has 0 aliphatic rings. The first kappa shape index (κ1) is 18.0. The Labute approximate surface area is 156 Å². The summed E-state index contributed by atoms with van der Waals surface area (Å²) in [4.78, 5) is 15.9. The van der Waals surface area contributed by atoms with Gasteiger partial charge in [-0.15, -0.1) is 0 Å². The molecule has 0 fully saturated rings. The number of rotatable bonds is 7. The maximum absolute atomic E-state index is 11.8. The van der Waals surface area contributed by atoms with Crippen molar-refractivity contribution in [2.45, 2.75) is 0 Å². The van der Waals surface area contributed by atoms with Gasteiger partial charge in [0.15, 0.2) is 5.75 Å². The zero-order chi connectivity index (χ0) is 19.1. The van der Waals surface area contributed by atoms with E-state index >= 15 is 0 Å². The fourth-order valence-corrected chi connectivity index (χ4v) is 2.36. The summed E-state index contributed by atoms with van der Waals surface area (Å²) in [5.74, 6) is -0.353. The minimum atomic E-state index is -1.18. The highest BCUT2D eigenvalue weighted by Crippen LogP contribution is 2.32. The van der Waals surface area contributed by atoms with Crippen molar-refractivity contribution in [3.63, 3.8) is 0 Å². The molecule has 0 unspecified atom stereocenters. The van der Waals surface area contributed by atoms with E-state index in [0.29, 0.717) is 17.1 Å². The van der Waals surface area contributed by atoms with Crippen LogP contribution in [0, 0.1) is 0 Å². The average molecular weight is 363 g/mol. The average Bonchev–Trinajstić information content (AvgIpc) is 2.70. The van der Waals surface area contributed by atoms with Crippen molar-refractivity contribution in [2.75, 3.05) is 7.11 Å². The summed E-state index contributed by atoms with van der Waals surface area (Å²) < 4.78 is 16.7. The number of aromatic nitrogens is 1. The summed E-state index contributed by atoms with van der Waals surface area (Å²) in [7, 11) is 1.34. The van der Waals surface area contributed by atoms with Crippen molar-refractivity contribution in [3.05, 3.63) is 90.5 Å². The fraction of sp³-hybridized carbons (Fsp3) is 0.0476. The van der Waals surface area contributed by atoms with E-state index in [2.05, 4.69) is 4.98 Å². The second kappa shape index (κ2) is 8.53. The predicted molar refractivity (Wildman–Crippen MR) is 99.4 cm³/mol. The van der Waals surface area contributed by atoms with Crippen LogP contribution in [0.2, 0.25) is 0 Å². The highest BCUT2D eigenvalue weighted by molar-refractivity contribution is 6.15. The Kier molecular flexibility index (Phi) is 5.69. The van der Waals surface area contributed by atoms with Crippen LogP contribution in [0.25, 0.3) is 5.57 Å². The Hall–Kier alpha value is -3.80. The van der Waals surface area contributed by atoms with E-state index in [1.165, 1.54) is 13.3 Å². The highest BCUT2D eigenvalue weighted by Gasteiger charge is 2.22. The van der Waals surface area contributed by atoms with E-state index in [0.717, 1.165) is 0 Å². The number of pyridine rings is 1. The molecule has 0 spiro atoms. The lowest BCUT2D eigenvalue weighted by molar-refractivity contribution is -0.130.